The molecular formula is C24H30F4N7O7P. The lowest BCUT2D eigenvalue weighted by atomic mass is 9.95. The zero-order valence-corrected chi connectivity index (χ0v) is 24.2. The number of ether oxygens (including phenoxy) is 2. The Kier molecular flexibility index (Phi) is 9.18. The molecule has 43 heavy (non-hydrogen) atoms. The molecule has 0 amide bonds. The summed E-state index contributed by atoms with van der Waals surface area (Å²) in [5.41, 5.74) is 0.881. The second kappa shape index (κ2) is 12.2. The van der Waals surface area contributed by atoms with Crippen molar-refractivity contribution in [2.24, 2.45) is 0 Å². The van der Waals surface area contributed by atoms with E-state index in [0.717, 1.165) is 6.33 Å². The fourth-order valence-corrected chi connectivity index (χ4v) is 5.75. The van der Waals surface area contributed by atoms with Crippen LogP contribution in [0.3, 0.4) is 0 Å². The number of alkyl halides is 4. The average Bonchev–Trinajstić information content (AvgIpc) is 3.45. The van der Waals surface area contributed by atoms with Gasteiger partial charge in [0.05, 0.1) is 19.0 Å². The standard InChI is InChI=1S/C24H30F4N7O7P/c1-12(2)40-20(37)13(3)34-43(38,42-14-8-6-5-7-9-14)39-10-15-17(36)23(25,24(26,27)28)21(41-15)35-11-31-16-18(30-4)32-22(29)33-19(16)35/h5-9,11-13,15,17,21,36H,10H2,1-4H3,(H,34,38)(H3,29,30,32,33)/t13-,15+,17+,21+,23+,43+/m0/s1. The van der Waals surface area contributed by atoms with Crippen LogP contribution in [0.15, 0.2) is 36.7 Å². The zero-order valence-electron chi connectivity index (χ0n) is 23.3. The molecule has 5 N–H and O–H groups in total. The van der Waals surface area contributed by atoms with Gasteiger partial charge in [0.2, 0.25) is 5.95 Å². The number of para-hydroxylation sites is 1. The smallest absolute Gasteiger partial charge is 0.459 e. The van der Waals surface area contributed by atoms with Crippen molar-refractivity contribution in [2.75, 3.05) is 24.7 Å². The van der Waals surface area contributed by atoms with Gasteiger partial charge in [-0.2, -0.15) is 28.2 Å². The van der Waals surface area contributed by atoms with Crippen molar-refractivity contribution in [1.29, 1.82) is 0 Å². The number of aliphatic hydroxyl groups is 1. The summed E-state index contributed by atoms with van der Waals surface area (Å²) in [7, 11) is -3.15. The molecule has 6 atom stereocenters. The molecule has 0 unspecified atom stereocenters. The molecule has 2 aromatic heterocycles. The number of fused-ring (bicyclic) bond motifs is 1. The first-order valence-electron chi connectivity index (χ1n) is 12.8. The van der Waals surface area contributed by atoms with Gasteiger partial charge in [-0.3, -0.25) is 13.9 Å². The van der Waals surface area contributed by atoms with E-state index in [1.807, 2.05) is 0 Å². The van der Waals surface area contributed by atoms with Crippen molar-refractivity contribution in [3.63, 3.8) is 0 Å². The molecule has 3 heterocycles. The monoisotopic (exact) mass is 635 g/mol. The van der Waals surface area contributed by atoms with E-state index in [1.54, 1.807) is 19.9 Å². The van der Waals surface area contributed by atoms with Crippen LogP contribution in [0.25, 0.3) is 11.2 Å². The maximum atomic E-state index is 16.0. The van der Waals surface area contributed by atoms with Gasteiger partial charge >= 0.3 is 19.9 Å². The number of nitrogen functional groups attached to an aromatic ring is 1. The second-order valence-electron chi connectivity index (χ2n) is 9.78. The Labute approximate surface area is 242 Å². The van der Waals surface area contributed by atoms with Gasteiger partial charge in [-0.05, 0) is 32.9 Å². The summed E-state index contributed by atoms with van der Waals surface area (Å²) in [5, 5.41) is 15.7. The van der Waals surface area contributed by atoms with Crippen LogP contribution in [0.1, 0.15) is 27.0 Å². The molecule has 1 aliphatic heterocycles. The first-order chi connectivity index (χ1) is 20.1. The molecule has 19 heteroatoms. The minimum atomic E-state index is -5.68. The van der Waals surface area contributed by atoms with Crippen molar-refractivity contribution in [3.05, 3.63) is 36.7 Å². The molecule has 236 valence electrons. The third kappa shape index (κ3) is 6.52. The number of esters is 1. The van der Waals surface area contributed by atoms with Crippen molar-refractivity contribution < 1.29 is 50.5 Å². The lowest BCUT2D eigenvalue weighted by Gasteiger charge is -2.31. The normalized spacial score (nSPS) is 24.6. The third-order valence-corrected chi connectivity index (χ3v) is 7.89. The van der Waals surface area contributed by atoms with Crippen molar-refractivity contribution in [2.45, 2.75) is 63.2 Å². The molecule has 0 saturated carbocycles. The number of rotatable bonds is 11. The zero-order chi connectivity index (χ0) is 31.7. The molecule has 1 aliphatic rings. The molecule has 1 saturated heterocycles. The summed E-state index contributed by atoms with van der Waals surface area (Å²) < 4.78 is 94.4. The van der Waals surface area contributed by atoms with Gasteiger partial charge in [0.1, 0.15) is 24.0 Å². The lowest BCUT2D eigenvalue weighted by molar-refractivity contribution is -0.273. The minimum Gasteiger partial charge on any atom is -0.462 e. The van der Waals surface area contributed by atoms with Gasteiger partial charge in [-0.25, -0.2) is 13.9 Å². The number of hydrogen-bond acceptors (Lipinski definition) is 12. The number of aliphatic hydroxyl groups excluding tert-OH is 1. The highest BCUT2D eigenvalue weighted by atomic mass is 31.2. The van der Waals surface area contributed by atoms with Gasteiger partial charge < -0.3 is 30.2 Å². The van der Waals surface area contributed by atoms with E-state index in [2.05, 4.69) is 25.4 Å². The number of halogens is 4. The van der Waals surface area contributed by atoms with Gasteiger partial charge in [0.15, 0.2) is 23.2 Å². The number of nitrogens with zero attached hydrogens (tertiary/aromatic N) is 4. The highest BCUT2D eigenvalue weighted by Gasteiger charge is 2.73. The summed E-state index contributed by atoms with van der Waals surface area (Å²) in [6.07, 6.45) is -12.9. The fourth-order valence-electron chi connectivity index (χ4n) is 4.25. The van der Waals surface area contributed by atoms with Gasteiger partial charge in [0.25, 0.3) is 5.67 Å². The number of aromatic nitrogens is 4. The fraction of sp³-hybridized carbons (Fsp3) is 0.500. The number of benzene rings is 1. The Hall–Kier alpha value is -3.57. The van der Waals surface area contributed by atoms with Crippen LogP contribution < -0.4 is 20.7 Å². The van der Waals surface area contributed by atoms with Crippen LogP contribution in [0, 0.1) is 0 Å². The first-order valence-corrected chi connectivity index (χ1v) is 14.4. The van der Waals surface area contributed by atoms with Crippen molar-refractivity contribution in [1.82, 2.24) is 24.6 Å². The van der Waals surface area contributed by atoms with Crippen LogP contribution in [0.4, 0.5) is 29.3 Å². The predicted molar refractivity (Wildman–Crippen MR) is 144 cm³/mol. The summed E-state index contributed by atoms with van der Waals surface area (Å²) in [5.74, 6) is -1.14. The molecule has 14 nitrogen and oxygen atoms in total. The molecule has 0 spiro atoms. The third-order valence-electron chi connectivity index (χ3n) is 6.24. The van der Waals surface area contributed by atoms with Gasteiger partial charge in [-0.15, -0.1) is 0 Å². The minimum absolute atomic E-state index is 0.00570. The molecular weight excluding hydrogens is 605 g/mol. The van der Waals surface area contributed by atoms with E-state index in [4.69, 9.17) is 24.3 Å². The summed E-state index contributed by atoms with van der Waals surface area (Å²) in [6.45, 7) is 3.39. The molecule has 0 aliphatic carbocycles. The van der Waals surface area contributed by atoms with Crippen LogP contribution in [0.2, 0.25) is 0 Å². The maximum Gasteiger partial charge on any atom is 0.459 e. The SMILES string of the molecule is CNc1nc(N)nc2c1ncn2[C@@H]1O[C@H](CO[P@](=O)(N[C@@H](C)C(=O)OC(C)C)Oc2ccccc2)[C@@H](O)[C@]1(F)C(F)(F)F. The molecule has 0 bridgehead atoms. The Morgan fingerprint density at radius 1 is 1.26 bits per heavy atom. The van der Waals surface area contributed by atoms with Crippen molar-refractivity contribution >= 4 is 36.6 Å². The number of anilines is 2. The van der Waals surface area contributed by atoms with Crippen LogP contribution >= 0.6 is 7.75 Å². The van der Waals surface area contributed by atoms with E-state index < -0.39 is 62.7 Å². The number of carbonyl (C=O) groups is 1. The van der Waals surface area contributed by atoms with E-state index in [9.17, 15) is 27.6 Å². The first kappa shape index (κ1) is 32.3. The Balaban J connectivity index is 1.65. The van der Waals surface area contributed by atoms with E-state index >= 15 is 4.39 Å². The highest BCUT2D eigenvalue weighted by molar-refractivity contribution is 7.52. The summed E-state index contributed by atoms with van der Waals surface area (Å²) in [4.78, 5) is 24.1. The van der Waals surface area contributed by atoms with Gasteiger partial charge in [0, 0.05) is 7.05 Å². The number of nitrogens with one attached hydrogen (secondary N) is 2. The van der Waals surface area contributed by atoms with Crippen LogP contribution in [0.5, 0.6) is 5.75 Å². The van der Waals surface area contributed by atoms with E-state index in [1.165, 1.54) is 38.2 Å². The molecule has 4 rings (SSSR count). The van der Waals surface area contributed by atoms with E-state index in [-0.39, 0.29) is 28.7 Å². The molecule has 1 fully saturated rings. The number of hydrogen-bond donors (Lipinski definition) is 4. The number of carbonyl (C=O) groups excluding carboxylic acids is 1. The molecule has 1 aromatic carbocycles. The lowest BCUT2D eigenvalue weighted by Crippen LogP contribution is -2.54. The maximum absolute atomic E-state index is 16.0. The number of imidazole rings is 1. The van der Waals surface area contributed by atoms with Crippen LogP contribution in [-0.2, 0) is 23.4 Å². The van der Waals surface area contributed by atoms with Crippen LogP contribution in [-0.4, -0.2) is 80.4 Å². The molecule has 3 aromatic rings. The molecule has 0 radical (unpaired) electrons. The Bertz CT molecular complexity index is 1500. The largest absolute Gasteiger partial charge is 0.462 e. The summed E-state index contributed by atoms with van der Waals surface area (Å²) >= 11 is 0. The highest BCUT2D eigenvalue weighted by Crippen LogP contribution is 2.53. The Morgan fingerprint density at radius 3 is 2.53 bits per heavy atom. The Morgan fingerprint density at radius 2 is 1.93 bits per heavy atom. The summed E-state index contributed by atoms with van der Waals surface area (Å²) in [6, 6.07) is 6.23. The topological polar surface area (TPSA) is 185 Å². The number of nitrogens with two attached hydrogens (primary N) is 1. The quantitative estimate of drug-likeness (QED) is 0.137. The average molecular weight is 636 g/mol. The van der Waals surface area contributed by atoms with Gasteiger partial charge in [-0.1, -0.05) is 18.2 Å². The predicted octanol–water partition coefficient (Wildman–Crippen LogP) is 3.11. The van der Waals surface area contributed by atoms with Crippen molar-refractivity contribution in [3.8, 4) is 5.75 Å². The second-order valence-corrected chi connectivity index (χ2v) is 11.5. The van der Waals surface area contributed by atoms with E-state index in [0.29, 0.717) is 4.57 Å².